The summed E-state index contributed by atoms with van der Waals surface area (Å²) in [7, 11) is 4.26. The molecule has 0 spiro atoms. The van der Waals surface area contributed by atoms with Crippen LogP contribution in [0.5, 0.6) is 34.5 Å². The summed E-state index contributed by atoms with van der Waals surface area (Å²) in [6.07, 6.45) is -3.90. The van der Waals surface area contributed by atoms with Crippen LogP contribution in [-0.4, -0.2) is 77.9 Å². The molecule has 1 saturated heterocycles. The van der Waals surface area contributed by atoms with Gasteiger partial charge in [-0.2, -0.15) is 0 Å². The van der Waals surface area contributed by atoms with Crippen LogP contribution in [-0.2, 0) is 4.74 Å². The van der Waals surface area contributed by atoms with E-state index in [9.17, 15) is 30.6 Å². The Morgan fingerprint density at radius 1 is 0.780 bits per heavy atom. The van der Waals surface area contributed by atoms with Gasteiger partial charge < -0.3 is 54.3 Å². The smallest absolute Gasteiger partial charge is 0.161 e. The van der Waals surface area contributed by atoms with Gasteiger partial charge in [-0.05, 0) is 53.1 Å². The summed E-state index contributed by atoms with van der Waals surface area (Å²) in [4.78, 5) is 0. The Balaban J connectivity index is 1.52. The molecule has 4 rings (SSSR count). The van der Waals surface area contributed by atoms with Gasteiger partial charge in [0.05, 0.1) is 46.8 Å². The van der Waals surface area contributed by atoms with Crippen molar-refractivity contribution in [3.05, 3.63) is 71.3 Å². The summed E-state index contributed by atoms with van der Waals surface area (Å²) in [5, 5.41) is 62.1. The van der Waals surface area contributed by atoms with Gasteiger partial charge in [0.2, 0.25) is 0 Å². The molecule has 6 unspecified atom stereocenters. The van der Waals surface area contributed by atoms with Crippen LogP contribution >= 0.6 is 0 Å². The number of phenols is 2. The number of phenolic OH excluding ortho intramolecular Hbond substituents is 2. The second kappa shape index (κ2) is 13.3. The first kappa shape index (κ1) is 30.2. The predicted octanol–water partition coefficient (Wildman–Crippen LogP) is 2.63. The van der Waals surface area contributed by atoms with Gasteiger partial charge in [-0.25, -0.2) is 0 Å². The molecule has 0 amide bonds. The SMILES string of the molecule is COc1cc(C(O)C(CO)Oc2ccc(C(O)C3COC(c4ccc(O)c(OC)c4)C3CO)cc2OC)ccc1O. The second-order valence-electron chi connectivity index (χ2n) is 9.77. The van der Waals surface area contributed by atoms with Crippen molar-refractivity contribution in [2.75, 3.05) is 41.2 Å². The molecule has 6 N–H and O–H groups in total. The van der Waals surface area contributed by atoms with Crippen LogP contribution in [0.25, 0.3) is 0 Å². The van der Waals surface area contributed by atoms with Crippen molar-refractivity contribution >= 4 is 0 Å². The van der Waals surface area contributed by atoms with Crippen molar-refractivity contribution in [1.82, 2.24) is 0 Å². The molecule has 0 aliphatic carbocycles. The molecule has 6 atom stereocenters. The minimum atomic E-state index is -1.26. The number of rotatable bonds is 12. The van der Waals surface area contributed by atoms with Crippen molar-refractivity contribution < 1.29 is 54.3 Å². The highest BCUT2D eigenvalue weighted by atomic mass is 16.5. The number of methoxy groups -OCH3 is 3. The molecule has 3 aromatic rings. The maximum absolute atomic E-state index is 11.3. The van der Waals surface area contributed by atoms with Gasteiger partial charge in [0.15, 0.2) is 40.6 Å². The van der Waals surface area contributed by atoms with Crippen LogP contribution in [0.3, 0.4) is 0 Å². The van der Waals surface area contributed by atoms with Gasteiger partial charge in [-0.15, -0.1) is 0 Å². The summed E-state index contributed by atoms with van der Waals surface area (Å²) in [6, 6.07) is 13.9. The third kappa shape index (κ3) is 6.29. The fraction of sp³-hybridized carbons (Fsp3) is 0.400. The number of benzene rings is 3. The second-order valence-corrected chi connectivity index (χ2v) is 9.77. The number of hydrogen-bond donors (Lipinski definition) is 6. The Hall–Kier alpha value is -3.74. The molecule has 0 bridgehead atoms. The van der Waals surface area contributed by atoms with Gasteiger partial charge in [0.25, 0.3) is 0 Å². The van der Waals surface area contributed by atoms with E-state index in [1.807, 2.05) is 0 Å². The highest BCUT2D eigenvalue weighted by Gasteiger charge is 2.42. The van der Waals surface area contributed by atoms with Crippen molar-refractivity contribution in [3.8, 4) is 34.5 Å². The van der Waals surface area contributed by atoms with Crippen molar-refractivity contribution in [2.45, 2.75) is 24.4 Å². The minimum absolute atomic E-state index is 0.0143. The molecule has 0 radical (unpaired) electrons. The lowest BCUT2D eigenvalue weighted by Crippen LogP contribution is -2.29. The molecule has 1 aliphatic heterocycles. The maximum Gasteiger partial charge on any atom is 0.161 e. The van der Waals surface area contributed by atoms with Crippen LogP contribution in [0.4, 0.5) is 0 Å². The fourth-order valence-corrected chi connectivity index (χ4v) is 5.13. The van der Waals surface area contributed by atoms with E-state index >= 15 is 0 Å². The molecule has 3 aromatic carbocycles. The minimum Gasteiger partial charge on any atom is -0.504 e. The molecule has 1 aliphatic rings. The van der Waals surface area contributed by atoms with E-state index in [1.54, 1.807) is 30.3 Å². The number of aliphatic hydroxyl groups excluding tert-OH is 4. The zero-order valence-electron chi connectivity index (χ0n) is 23.0. The lowest BCUT2D eigenvalue weighted by atomic mass is 9.82. The molecule has 222 valence electrons. The van der Waals surface area contributed by atoms with E-state index in [0.717, 1.165) is 0 Å². The molecule has 11 nitrogen and oxygen atoms in total. The quantitative estimate of drug-likeness (QED) is 0.189. The van der Waals surface area contributed by atoms with Crippen molar-refractivity contribution in [2.24, 2.45) is 11.8 Å². The van der Waals surface area contributed by atoms with E-state index in [4.69, 9.17) is 23.7 Å². The largest absolute Gasteiger partial charge is 0.504 e. The highest BCUT2D eigenvalue weighted by molar-refractivity contribution is 5.46. The topological polar surface area (TPSA) is 168 Å². The monoisotopic (exact) mass is 572 g/mol. The number of hydrogen-bond acceptors (Lipinski definition) is 11. The molecule has 0 saturated carbocycles. The molecule has 0 aromatic heterocycles. The summed E-state index contributed by atoms with van der Waals surface area (Å²) in [5.74, 6) is -0.0841. The molecular formula is C30H36O11. The fourth-order valence-electron chi connectivity index (χ4n) is 5.13. The first-order valence-electron chi connectivity index (χ1n) is 13.0. The third-order valence-electron chi connectivity index (χ3n) is 7.44. The predicted molar refractivity (Wildman–Crippen MR) is 146 cm³/mol. The third-order valence-corrected chi connectivity index (χ3v) is 7.44. The normalized spacial score (nSPS) is 20.7. The van der Waals surface area contributed by atoms with Crippen molar-refractivity contribution in [1.29, 1.82) is 0 Å². The standard InChI is InChI=1S/C30H36O11/c1-37-24-10-17(4-7-21(24)33)29(36)27(14-32)41-23-9-6-16(11-26(23)39-3)28(35)20-15-40-30(19(20)13-31)18-5-8-22(34)25(12-18)38-2/h4-12,19-20,27-36H,13-15H2,1-3H3. The van der Waals surface area contributed by atoms with E-state index in [-0.39, 0.29) is 47.7 Å². The lowest BCUT2D eigenvalue weighted by Gasteiger charge is -2.27. The summed E-state index contributed by atoms with van der Waals surface area (Å²) in [6.45, 7) is -0.597. The highest BCUT2D eigenvalue weighted by Crippen LogP contribution is 2.46. The number of ether oxygens (including phenoxy) is 5. The van der Waals surface area contributed by atoms with Gasteiger partial charge >= 0.3 is 0 Å². The Bertz CT molecular complexity index is 1310. The van der Waals surface area contributed by atoms with Crippen molar-refractivity contribution in [3.63, 3.8) is 0 Å². The summed E-state index contributed by atoms with van der Waals surface area (Å²) in [5.41, 5.74) is 1.56. The summed E-state index contributed by atoms with van der Waals surface area (Å²) >= 11 is 0. The maximum atomic E-state index is 11.3. The first-order valence-corrected chi connectivity index (χ1v) is 13.0. The first-order chi connectivity index (χ1) is 19.8. The van der Waals surface area contributed by atoms with Crippen LogP contribution in [0.15, 0.2) is 54.6 Å². The van der Waals surface area contributed by atoms with E-state index < -0.39 is 42.9 Å². The van der Waals surface area contributed by atoms with Crippen LogP contribution < -0.4 is 18.9 Å². The van der Waals surface area contributed by atoms with Gasteiger partial charge in [-0.1, -0.05) is 18.2 Å². The Kier molecular flexibility index (Phi) is 9.79. The van der Waals surface area contributed by atoms with Gasteiger partial charge in [0, 0.05) is 18.4 Å². The van der Waals surface area contributed by atoms with Crippen LogP contribution in [0.2, 0.25) is 0 Å². The van der Waals surface area contributed by atoms with E-state index in [2.05, 4.69) is 0 Å². The molecular weight excluding hydrogens is 536 g/mol. The number of aliphatic hydroxyl groups is 4. The Labute approximate surface area is 237 Å². The number of aromatic hydroxyl groups is 2. The average Bonchev–Trinajstić information content (AvgIpc) is 3.43. The van der Waals surface area contributed by atoms with E-state index in [1.165, 1.54) is 45.6 Å². The lowest BCUT2D eigenvalue weighted by molar-refractivity contribution is -0.000611. The van der Waals surface area contributed by atoms with Crippen LogP contribution in [0.1, 0.15) is 35.0 Å². The average molecular weight is 573 g/mol. The molecule has 11 heteroatoms. The molecule has 1 heterocycles. The summed E-state index contributed by atoms with van der Waals surface area (Å²) < 4.78 is 27.7. The van der Waals surface area contributed by atoms with E-state index in [0.29, 0.717) is 16.7 Å². The van der Waals surface area contributed by atoms with Gasteiger partial charge in [0.1, 0.15) is 6.10 Å². The molecule has 41 heavy (non-hydrogen) atoms. The van der Waals surface area contributed by atoms with Gasteiger partial charge in [-0.3, -0.25) is 0 Å². The Morgan fingerprint density at radius 2 is 1.39 bits per heavy atom. The van der Waals surface area contributed by atoms with Crippen LogP contribution in [0, 0.1) is 11.8 Å². The molecule has 1 fully saturated rings. The Morgan fingerprint density at radius 3 is 2.02 bits per heavy atom. The zero-order chi connectivity index (χ0) is 29.7. The zero-order valence-corrected chi connectivity index (χ0v) is 23.0.